The van der Waals surface area contributed by atoms with Crippen LogP contribution in [0.25, 0.3) is 0 Å². The number of hydrogen-bond donors (Lipinski definition) is 1. The fraction of sp³-hybridized carbons (Fsp3) is 0.200. The van der Waals surface area contributed by atoms with Crippen molar-refractivity contribution in [2.75, 3.05) is 7.05 Å². The van der Waals surface area contributed by atoms with Crippen LogP contribution in [0, 0.1) is 5.82 Å². The largest absolute Gasteiger partial charge is 0.489 e. The lowest BCUT2D eigenvalue weighted by Gasteiger charge is -2.09. The molecule has 0 aliphatic heterocycles. The van der Waals surface area contributed by atoms with E-state index in [-0.39, 0.29) is 12.4 Å². The van der Waals surface area contributed by atoms with Gasteiger partial charge in [0.05, 0.1) is 0 Å². The van der Waals surface area contributed by atoms with E-state index in [2.05, 4.69) is 21.2 Å². The Morgan fingerprint density at radius 1 is 1.21 bits per heavy atom. The average Bonchev–Trinajstić information content (AvgIpc) is 2.41. The van der Waals surface area contributed by atoms with E-state index in [0.717, 1.165) is 22.3 Å². The Balaban J connectivity index is 2.05. The van der Waals surface area contributed by atoms with Crippen molar-refractivity contribution in [3.8, 4) is 5.75 Å². The molecule has 0 spiro atoms. The van der Waals surface area contributed by atoms with E-state index < -0.39 is 0 Å². The van der Waals surface area contributed by atoms with Crippen molar-refractivity contribution in [3.05, 3.63) is 63.9 Å². The first-order valence-electron chi connectivity index (χ1n) is 5.99. The molecule has 100 valence electrons. The van der Waals surface area contributed by atoms with E-state index in [1.807, 2.05) is 31.3 Å². The van der Waals surface area contributed by atoms with Crippen LogP contribution in [0.5, 0.6) is 5.75 Å². The van der Waals surface area contributed by atoms with Crippen molar-refractivity contribution < 1.29 is 9.13 Å². The lowest BCUT2D eigenvalue weighted by molar-refractivity contribution is 0.299. The van der Waals surface area contributed by atoms with Gasteiger partial charge in [-0.1, -0.05) is 28.1 Å². The van der Waals surface area contributed by atoms with Gasteiger partial charge in [0.15, 0.2) is 0 Å². The minimum atomic E-state index is -0.255. The summed E-state index contributed by atoms with van der Waals surface area (Å²) in [5, 5.41) is 3.08. The Hall–Kier alpha value is -1.39. The molecule has 19 heavy (non-hydrogen) atoms. The van der Waals surface area contributed by atoms with Crippen molar-refractivity contribution in [1.29, 1.82) is 0 Å². The van der Waals surface area contributed by atoms with Crippen LogP contribution in [0.1, 0.15) is 11.1 Å². The van der Waals surface area contributed by atoms with E-state index in [1.165, 1.54) is 6.07 Å². The molecule has 0 unspecified atom stereocenters. The quantitative estimate of drug-likeness (QED) is 0.901. The summed E-state index contributed by atoms with van der Waals surface area (Å²) in [6, 6.07) is 12.6. The summed E-state index contributed by atoms with van der Waals surface area (Å²) in [7, 11) is 1.89. The highest BCUT2D eigenvalue weighted by atomic mass is 79.9. The maximum Gasteiger partial charge on any atom is 0.129 e. The minimum Gasteiger partial charge on any atom is -0.489 e. The van der Waals surface area contributed by atoms with Crippen LogP contribution < -0.4 is 10.1 Å². The molecule has 0 radical (unpaired) electrons. The first-order valence-corrected chi connectivity index (χ1v) is 6.78. The molecule has 0 aliphatic rings. The molecule has 0 fully saturated rings. The Morgan fingerprint density at radius 3 is 2.84 bits per heavy atom. The lowest BCUT2D eigenvalue weighted by Crippen LogP contribution is -2.05. The summed E-state index contributed by atoms with van der Waals surface area (Å²) in [6.07, 6.45) is 0. The molecule has 4 heteroatoms. The van der Waals surface area contributed by atoms with Crippen LogP contribution in [0.15, 0.2) is 46.9 Å². The molecule has 1 N–H and O–H groups in total. The molecule has 2 aromatic rings. The normalized spacial score (nSPS) is 10.5. The van der Waals surface area contributed by atoms with Gasteiger partial charge in [-0.3, -0.25) is 0 Å². The first kappa shape index (κ1) is 14.0. The van der Waals surface area contributed by atoms with Crippen molar-refractivity contribution in [2.24, 2.45) is 0 Å². The van der Waals surface area contributed by atoms with E-state index in [1.54, 1.807) is 12.1 Å². The SMILES string of the molecule is CNCc1cccc(OCc2cc(Br)ccc2F)c1. The number of halogens is 2. The van der Waals surface area contributed by atoms with E-state index in [4.69, 9.17) is 4.74 Å². The van der Waals surface area contributed by atoms with Gasteiger partial charge in [-0.15, -0.1) is 0 Å². The minimum absolute atomic E-state index is 0.217. The zero-order valence-electron chi connectivity index (χ0n) is 10.6. The Kier molecular flexibility index (Phi) is 4.93. The Morgan fingerprint density at radius 2 is 2.05 bits per heavy atom. The van der Waals surface area contributed by atoms with Gasteiger partial charge in [-0.2, -0.15) is 0 Å². The standard InChI is InChI=1S/C15H15BrFNO/c1-18-9-11-3-2-4-14(7-11)19-10-12-8-13(16)5-6-15(12)17/h2-8,18H,9-10H2,1H3. The van der Waals surface area contributed by atoms with Crippen molar-refractivity contribution in [1.82, 2.24) is 5.32 Å². The highest BCUT2D eigenvalue weighted by molar-refractivity contribution is 9.10. The van der Waals surface area contributed by atoms with Crippen LogP contribution >= 0.6 is 15.9 Å². The summed E-state index contributed by atoms with van der Waals surface area (Å²) in [6.45, 7) is 0.997. The maximum atomic E-state index is 13.6. The summed E-state index contributed by atoms with van der Waals surface area (Å²) >= 11 is 3.32. The second kappa shape index (κ2) is 6.68. The first-order chi connectivity index (χ1) is 9.19. The number of benzene rings is 2. The Bertz CT molecular complexity index is 560. The maximum absolute atomic E-state index is 13.6. The lowest BCUT2D eigenvalue weighted by atomic mass is 10.2. The van der Waals surface area contributed by atoms with Crippen LogP contribution in [0.4, 0.5) is 4.39 Å². The highest BCUT2D eigenvalue weighted by Crippen LogP contribution is 2.19. The van der Waals surface area contributed by atoms with Gasteiger partial charge in [0.1, 0.15) is 18.2 Å². The highest BCUT2D eigenvalue weighted by Gasteiger charge is 2.04. The van der Waals surface area contributed by atoms with Crippen molar-refractivity contribution >= 4 is 15.9 Å². The summed E-state index contributed by atoms with van der Waals surface area (Å²) in [4.78, 5) is 0. The Labute approximate surface area is 120 Å². The number of rotatable bonds is 5. The molecule has 0 atom stereocenters. The third kappa shape index (κ3) is 4.04. The smallest absolute Gasteiger partial charge is 0.129 e. The van der Waals surface area contributed by atoms with E-state index in [0.29, 0.717) is 5.56 Å². The fourth-order valence-corrected chi connectivity index (χ4v) is 2.17. The molecule has 2 aromatic carbocycles. The summed E-state index contributed by atoms with van der Waals surface area (Å²) in [5.41, 5.74) is 1.67. The van der Waals surface area contributed by atoms with Crippen LogP contribution in [-0.4, -0.2) is 7.05 Å². The van der Waals surface area contributed by atoms with Crippen LogP contribution in [0.3, 0.4) is 0 Å². The number of ether oxygens (including phenoxy) is 1. The topological polar surface area (TPSA) is 21.3 Å². The second-order valence-corrected chi connectivity index (χ2v) is 5.12. The van der Waals surface area contributed by atoms with E-state index >= 15 is 0 Å². The van der Waals surface area contributed by atoms with Crippen molar-refractivity contribution in [2.45, 2.75) is 13.2 Å². The fourth-order valence-electron chi connectivity index (χ4n) is 1.76. The van der Waals surface area contributed by atoms with Gasteiger partial charge in [0.25, 0.3) is 0 Å². The summed E-state index contributed by atoms with van der Waals surface area (Å²) < 4.78 is 20.0. The molecule has 0 saturated heterocycles. The zero-order chi connectivity index (χ0) is 13.7. The van der Waals surface area contributed by atoms with E-state index in [9.17, 15) is 4.39 Å². The molecular formula is C15H15BrFNO. The molecule has 0 heterocycles. The molecule has 0 amide bonds. The predicted octanol–water partition coefficient (Wildman–Crippen LogP) is 3.89. The number of hydrogen-bond acceptors (Lipinski definition) is 2. The van der Waals surface area contributed by atoms with Crippen LogP contribution in [-0.2, 0) is 13.2 Å². The third-order valence-electron chi connectivity index (χ3n) is 2.68. The van der Waals surface area contributed by atoms with Gasteiger partial charge in [-0.25, -0.2) is 4.39 Å². The zero-order valence-corrected chi connectivity index (χ0v) is 12.2. The van der Waals surface area contributed by atoms with Crippen LogP contribution in [0.2, 0.25) is 0 Å². The summed E-state index contributed by atoms with van der Waals surface area (Å²) in [5.74, 6) is 0.488. The van der Waals surface area contributed by atoms with Crippen molar-refractivity contribution in [3.63, 3.8) is 0 Å². The molecule has 0 aliphatic carbocycles. The van der Waals surface area contributed by atoms with Gasteiger partial charge >= 0.3 is 0 Å². The molecule has 2 nitrogen and oxygen atoms in total. The average molecular weight is 324 g/mol. The molecule has 0 aromatic heterocycles. The van der Waals surface area contributed by atoms with Gasteiger partial charge in [0.2, 0.25) is 0 Å². The number of nitrogens with one attached hydrogen (secondary N) is 1. The second-order valence-electron chi connectivity index (χ2n) is 4.20. The third-order valence-corrected chi connectivity index (χ3v) is 3.17. The van der Waals surface area contributed by atoms with Gasteiger partial charge in [0, 0.05) is 16.6 Å². The monoisotopic (exact) mass is 323 g/mol. The predicted molar refractivity (Wildman–Crippen MR) is 77.6 cm³/mol. The molecular weight excluding hydrogens is 309 g/mol. The van der Waals surface area contributed by atoms with Gasteiger partial charge in [-0.05, 0) is 42.9 Å². The van der Waals surface area contributed by atoms with Gasteiger partial charge < -0.3 is 10.1 Å². The molecule has 0 saturated carbocycles. The molecule has 0 bridgehead atoms. The molecule has 2 rings (SSSR count).